The lowest BCUT2D eigenvalue weighted by Crippen LogP contribution is -2.47. The molecule has 0 aromatic heterocycles. The SMILES string of the molecule is COC(=O)C(Cc1ccccc1)O[Si](C)(C)C(C)(C)C. The number of rotatable bonds is 5. The molecular weight excluding hydrogens is 268 g/mol. The average Bonchev–Trinajstić information content (AvgIpc) is 2.36. The third-order valence-corrected chi connectivity index (χ3v) is 8.46. The van der Waals surface area contributed by atoms with Crippen LogP contribution in [-0.2, 0) is 20.4 Å². The van der Waals surface area contributed by atoms with E-state index < -0.39 is 14.4 Å². The maximum atomic E-state index is 12.0. The van der Waals surface area contributed by atoms with Crippen molar-refractivity contribution in [1.29, 1.82) is 0 Å². The minimum Gasteiger partial charge on any atom is -0.467 e. The van der Waals surface area contributed by atoms with Crippen molar-refractivity contribution in [3.05, 3.63) is 35.9 Å². The number of benzene rings is 1. The number of ether oxygens (including phenoxy) is 1. The third kappa shape index (κ3) is 4.46. The maximum absolute atomic E-state index is 12.0. The van der Waals surface area contributed by atoms with Crippen LogP contribution in [0.5, 0.6) is 0 Å². The molecule has 4 heteroatoms. The lowest BCUT2D eigenvalue weighted by atomic mass is 10.1. The highest BCUT2D eigenvalue weighted by Gasteiger charge is 2.41. The maximum Gasteiger partial charge on any atom is 0.334 e. The van der Waals surface area contributed by atoms with Crippen LogP contribution >= 0.6 is 0 Å². The van der Waals surface area contributed by atoms with E-state index in [1.807, 2.05) is 30.3 Å². The lowest BCUT2D eigenvalue weighted by Gasteiger charge is -2.38. The summed E-state index contributed by atoms with van der Waals surface area (Å²) in [5, 5.41) is 0.0654. The van der Waals surface area contributed by atoms with Crippen LogP contribution in [0.1, 0.15) is 26.3 Å². The van der Waals surface area contributed by atoms with E-state index in [0.717, 1.165) is 5.56 Å². The summed E-state index contributed by atoms with van der Waals surface area (Å²) in [5.41, 5.74) is 1.08. The smallest absolute Gasteiger partial charge is 0.334 e. The van der Waals surface area contributed by atoms with E-state index in [4.69, 9.17) is 9.16 Å². The van der Waals surface area contributed by atoms with Crippen LogP contribution in [0.15, 0.2) is 30.3 Å². The van der Waals surface area contributed by atoms with Crippen molar-refractivity contribution in [3.8, 4) is 0 Å². The number of hydrogen-bond donors (Lipinski definition) is 0. The van der Waals surface area contributed by atoms with E-state index in [2.05, 4.69) is 33.9 Å². The van der Waals surface area contributed by atoms with Gasteiger partial charge in [-0.25, -0.2) is 4.79 Å². The van der Waals surface area contributed by atoms with Crippen LogP contribution in [0.4, 0.5) is 0 Å². The fraction of sp³-hybridized carbons (Fsp3) is 0.562. The minimum atomic E-state index is -2.00. The second-order valence-electron chi connectivity index (χ2n) is 6.58. The quantitative estimate of drug-likeness (QED) is 0.612. The molecule has 0 saturated carbocycles. The second kappa shape index (κ2) is 6.55. The fourth-order valence-corrected chi connectivity index (χ4v) is 2.91. The summed E-state index contributed by atoms with van der Waals surface area (Å²) < 4.78 is 11.1. The Bertz CT molecular complexity index is 435. The van der Waals surface area contributed by atoms with Gasteiger partial charge in [0.15, 0.2) is 8.32 Å². The minimum absolute atomic E-state index is 0.0654. The van der Waals surface area contributed by atoms with Crippen LogP contribution in [0, 0.1) is 0 Å². The van der Waals surface area contributed by atoms with E-state index in [1.165, 1.54) is 7.11 Å². The van der Waals surface area contributed by atoms with E-state index in [1.54, 1.807) is 0 Å². The number of hydrogen-bond acceptors (Lipinski definition) is 3. The first kappa shape index (κ1) is 16.9. The first-order valence-corrected chi connectivity index (χ1v) is 9.88. The molecule has 0 radical (unpaired) electrons. The highest BCUT2D eigenvalue weighted by Crippen LogP contribution is 2.37. The van der Waals surface area contributed by atoms with Crippen LogP contribution in [0.3, 0.4) is 0 Å². The third-order valence-electron chi connectivity index (χ3n) is 3.97. The number of esters is 1. The Labute approximate surface area is 123 Å². The molecule has 0 saturated heterocycles. The van der Waals surface area contributed by atoms with Gasteiger partial charge in [0, 0.05) is 6.42 Å². The molecule has 0 heterocycles. The second-order valence-corrected chi connectivity index (χ2v) is 11.3. The normalized spacial score (nSPS) is 13.9. The zero-order valence-corrected chi connectivity index (χ0v) is 14.4. The molecule has 1 unspecified atom stereocenters. The number of carbonyl (C=O) groups excluding carboxylic acids is 1. The van der Waals surface area contributed by atoms with Gasteiger partial charge in [-0.05, 0) is 23.7 Å². The first-order valence-electron chi connectivity index (χ1n) is 6.97. The molecule has 1 atom stereocenters. The van der Waals surface area contributed by atoms with Crippen molar-refractivity contribution in [1.82, 2.24) is 0 Å². The Kier molecular flexibility index (Phi) is 5.54. The van der Waals surface area contributed by atoms with Gasteiger partial charge in [0.05, 0.1) is 7.11 Å². The molecule has 112 valence electrons. The van der Waals surface area contributed by atoms with Crippen molar-refractivity contribution in [2.24, 2.45) is 0 Å². The van der Waals surface area contributed by atoms with Crippen LogP contribution in [0.25, 0.3) is 0 Å². The van der Waals surface area contributed by atoms with Crippen molar-refractivity contribution < 1.29 is 14.0 Å². The predicted octanol–water partition coefficient (Wildman–Crippen LogP) is 3.79. The van der Waals surface area contributed by atoms with Gasteiger partial charge in [-0.15, -0.1) is 0 Å². The van der Waals surface area contributed by atoms with Gasteiger partial charge in [0.1, 0.15) is 6.10 Å². The summed E-state index contributed by atoms with van der Waals surface area (Å²) in [6, 6.07) is 9.91. The van der Waals surface area contributed by atoms with E-state index in [9.17, 15) is 4.79 Å². The molecule has 0 aliphatic rings. The van der Waals surface area contributed by atoms with E-state index in [-0.39, 0.29) is 11.0 Å². The van der Waals surface area contributed by atoms with E-state index in [0.29, 0.717) is 6.42 Å². The van der Waals surface area contributed by atoms with Gasteiger partial charge in [0.2, 0.25) is 0 Å². The fourth-order valence-electron chi connectivity index (χ4n) is 1.67. The molecule has 1 rings (SSSR count). The molecule has 0 spiro atoms. The lowest BCUT2D eigenvalue weighted by molar-refractivity contribution is -0.149. The summed E-state index contributed by atoms with van der Waals surface area (Å²) >= 11 is 0. The van der Waals surface area contributed by atoms with E-state index >= 15 is 0 Å². The summed E-state index contributed by atoms with van der Waals surface area (Å²) in [6.07, 6.45) is 0.0308. The molecule has 0 fully saturated rings. The van der Waals surface area contributed by atoms with Crippen molar-refractivity contribution in [2.45, 2.75) is 51.4 Å². The molecule has 1 aromatic rings. The van der Waals surface area contributed by atoms with Crippen LogP contribution < -0.4 is 0 Å². The van der Waals surface area contributed by atoms with Gasteiger partial charge >= 0.3 is 5.97 Å². The van der Waals surface area contributed by atoms with Crippen molar-refractivity contribution in [3.63, 3.8) is 0 Å². The molecular formula is C16H26O3Si. The Morgan fingerprint density at radius 2 is 1.75 bits per heavy atom. The Balaban J connectivity index is 2.89. The molecule has 0 amide bonds. The van der Waals surface area contributed by atoms with Crippen LogP contribution in [0.2, 0.25) is 18.1 Å². The van der Waals surface area contributed by atoms with Crippen LogP contribution in [-0.4, -0.2) is 27.5 Å². The first-order chi connectivity index (χ1) is 9.17. The molecule has 0 aliphatic heterocycles. The van der Waals surface area contributed by atoms with Crippen molar-refractivity contribution in [2.75, 3.05) is 7.11 Å². The van der Waals surface area contributed by atoms with Gasteiger partial charge in [-0.2, -0.15) is 0 Å². The molecule has 0 bridgehead atoms. The molecule has 0 aliphatic carbocycles. The molecule has 1 aromatic carbocycles. The highest BCUT2D eigenvalue weighted by molar-refractivity contribution is 6.74. The largest absolute Gasteiger partial charge is 0.467 e. The highest BCUT2D eigenvalue weighted by atomic mass is 28.4. The van der Waals surface area contributed by atoms with Gasteiger partial charge in [0.25, 0.3) is 0 Å². The summed E-state index contributed by atoms with van der Waals surface area (Å²) in [6.45, 7) is 10.8. The topological polar surface area (TPSA) is 35.5 Å². The number of methoxy groups -OCH3 is 1. The van der Waals surface area contributed by atoms with Gasteiger partial charge in [-0.3, -0.25) is 0 Å². The van der Waals surface area contributed by atoms with Gasteiger partial charge in [-0.1, -0.05) is 51.1 Å². The molecule has 0 N–H and O–H groups in total. The number of carbonyl (C=O) groups is 1. The Morgan fingerprint density at radius 3 is 2.20 bits per heavy atom. The van der Waals surface area contributed by atoms with Gasteiger partial charge < -0.3 is 9.16 Å². The average molecular weight is 294 g/mol. The molecule has 20 heavy (non-hydrogen) atoms. The summed E-state index contributed by atoms with van der Waals surface area (Å²) in [5.74, 6) is -0.293. The van der Waals surface area contributed by atoms with Crippen molar-refractivity contribution >= 4 is 14.3 Å². The Hall–Kier alpha value is -1.13. The summed E-state index contributed by atoms with van der Waals surface area (Å²) in [7, 11) is -0.590. The zero-order chi connectivity index (χ0) is 15.4. The Morgan fingerprint density at radius 1 is 1.20 bits per heavy atom. The predicted molar refractivity (Wildman–Crippen MR) is 84.2 cm³/mol. The standard InChI is InChI=1S/C16H26O3Si/c1-16(2,3)20(5,6)19-14(15(17)18-4)12-13-10-8-7-9-11-13/h7-11,14H,12H2,1-6H3. The zero-order valence-electron chi connectivity index (χ0n) is 13.4. The summed E-state index contributed by atoms with van der Waals surface area (Å²) in [4.78, 5) is 12.0. The monoisotopic (exact) mass is 294 g/mol. The molecule has 3 nitrogen and oxygen atoms in total.